The van der Waals surface area contributed by atoms with Gasteiger partial charge in [0.15, 0.2) is 0 Å². The average molecular weight is 333 g/mol. The third-order valence-corrected chi connectivity index (χ3v) is 5.05. The largest absolute Gasteiger partial charge is 0.497 e. The van der Waals surface area contributed by atoms with Crippen molar-refractivity contribution in [2.75, 3.05) is 7.11 Å². The highest BCUT2D eigenvalue weighted by Gasteiger charge is 2.46. The van der Waals surface area contributed by atoms with Crippen molar-refractivity contribution < 1.29 is 24.2 Å². The predicted molar refractivity (Wildman–Crippen MR) is 86.7 cm³/mol. The Labute approximate surface area is 141 Å². The zero-order chi connectivity index (χ0) is 17.3. The molecule has 0 radical (unpaired) electrons. The van der Waals surface area contributed by atoms with Gasteiger partial charge in [-0.05, 0) is 43.9 Å². The highest BCUT2D eigenvalue weighted by molar-refractivity contribution is 5.82. The van der Waals surface area contributed by atoms with E-state index in [0.717, 1.165) is 19.3 Å². The first kappa shape index (κ1) is 16.8. The Morgan fingerprint density at radius 1 is 1.42 bits per heavy atom. The van der Waals surface area contributed by atoms with Crippen LogP contribution in [0.15, 0.2) is 24.3 Å². The van der Waals surface area contributed by atoms with Gasteiger partial charge >= 0.3 is 5.97 Å². The van der Waals surface area contributed by atoms with Crippen molar-refractivity contribution in [1.29, 1.82) is 0 Å². The lowest BCUT2D eigenvalue weighted by atomic mass is 9.84. The second kappa shape index (κ2) is 6.43. The molecule has 3 rings (SSSR count). The number of fused-ring (bicyclic) bond motifs is 2. The molecular formula is C18H23NO5. The smallest absolute Gasteiger partial charge is 0.306 e. The SMILES string of the molecule is COc1cccc(C(C)(CC(=O)O)NC(=O)C2CC3CCC2O3)c1. The molecule has 4 atom stereocenters. The molecule has 1 aromatic carbocycles. The van der Waals surface area contributed by atoms with E-state index in [1.807, 2.05) is 6.07 Å². The lowest BCUT2D eigenvalue weighted by Crippen LogP contribution is -2.49. The Bertz CT molecular complexity index is 646. The number of hydrogen-bond donors (Lipinski definition) is 2. The zero-order valence-corrected chi connectivity index (χ0v) is 14.0. The van der Waals surface area contributed by atoms with Gasteiger partial charge in [-0.2, -0.15) is 0 Å². The van der Waals surface area contributed by atoms with Crippen LogP contribution in [0.25, 0.3) is 0 Å². The fourth-order valence-electron chi connectivity index (χ4n) is 3.77. The molecule has 1 aromatic rings. The number of aliphatic carboxylic acids is 1. The van der Waals surface area contributed by atoms with Gasteiger partial charge in [-0.1, -0.05) is 12.1 Å². The van der Waals surface area contributed by atoms with Crippen LogP contribution in [0, 0.1) is 5.92 Å². The van der Waals surface area contributed by atoms with E-state index in [-0.39, 0.29) is 30.5 Å². The van der Waals surface area contributed by atoms with E-state index >= 15 is 0 Å². The molecule has 6 heteroatoms. The van der Waals surface area contributed by atoms with Crippen LogP contribution in [0.3, 0.4) is 0 Å². The highest BCUT2D eigenvalue weighted by Crippen LogP contribution is 2.39. The maximum atomic E-state index is 12.7. The molecular weight excluding hydrogens is 310 g/mol. The van der Waals surface area contributed by atoms with Crippen LogP contribution in [0.4, 0.5) is 0 Å². The molecule has 0 saturated carbocycles. The number of carbonyl (C=O) groups is 2. The van der Waals surface area contributed by atoms with Gasteiger partial charge < -0.3 is 19.9 Å². The summed E-state index contributed by atoms with van der Waals surface area (Å²) >= 11 is 0. The van der Waals surface area contributed by atoms with Crippen LogP contribution in [0.1, 0.15) is 38.2 Å². The van der Waals surface area contributed by atoms with Crippen LogP contribution >= 0.6 is 0 Å². The Morgan fingerprint density at radius 2 is 2.21 bits per heavy atom. The van der Waals surface area contributed by atoms with E-state index in [0.29, 0.717) is 11.3 Å². The third kappa shape index (κ3) is 3.24. The fourth-order valence-corrected chi connectivity index (χ4v) is 3.77. The molecule has 0 aromatic heterocycles. The minimum absolute atomic E-state index is 0.0330. The molecule has 2 bridgehead atoms. The lowest BCUT2D eigenvalue weighted by Gasteiger charge is -2.32. The summed E-state index contributed by atoms with van der Waals surface area (Å²) in [7, 11) is 1.55. The van der Waals surface area contributed by atoms with E-state index in [9.17, 15) is 14.7 Å². The van der Waals surface area contributed by atoms with Gasteiger partial charge in [0.25, 0.3) is 0 Å². The van der Waals surface area contributed by atoms with Crippen LogP contribution in [-0.4, -0.2) is 36.3 Å². The molecule has 4 unspecified atom stereocenters. The molecule has 2 heterocycles. The molecule has 0 spiro atoms. The first-order valence-corrected chi connectivity index (χ1v) is 8.25. The summed E-state index contributed by atoms with van der Waals surface area (Å²) in [5.41, 5.74) is -0.291. The van der Waals surface area contributed by atoms with E-state index in [1.54, 1.807) is 32.2 Å². The topological polar surface area (TPSA) is 84.9 Å². The van der Waals surface area contributed by atoms with Crippen molar-refractivity contribution in [2.45, 2.75) is 50.4 Å². The van der Waals surface area contributed by atoms with Gasteiger partial charge in [-0.3, -0.25) is 9.59 Å². The Morgan fingerprint density at radius 3 is 2.79 bits per heavy atom. The number of carboxylic acids is 1. The van der Waals surface area contributed by atoms with Gasteiger partial charge in [-0.25, -0.2) is 0 Å². The van der Waals surface area contributed by atoms with Gasteiger partial charge in [-0.15, -0.1) is 0 Å². The Hall–Kier alpha value is -2.08. The van der Waals surface area contributed by atoms with Crippen LogP contribution in [0.2, 0.25) is 0 Å². The van der Waals surface area contributed by atoms with Crippen molar-refractivity contribution in [1.82, 2.24) is 5.32 Å². The van der Waals surface area contributed by atoms with Crippen LogP contribution < -0.4 is 10.1 Å². The van der Waals surface area contributed by atoms with Gasteiger partial charge in [0.2, 0.25) is 5.91 Å². The number of carboxylic acid groups (broad SMARTS) is 1. The second-order valence-corrected chi connectivity index (χ2v) is 6.84. The molecule has 24 heavy (non-hydrogen) atoms. The Kier molecular flexibility index (Phi) is 4.49. The normalized spacial score (nSPS) is 27.5. The predicted octanol–water partition coefficient (Wildman–Crippen LogP) is 2.07. The summed E-state index contributed by atoms with van der Waals surface area (Å²) in [6.45, 7) is 1.74. The molecule has 2 fully saturated rings. The minimum Gasteiger partial charge on any atom is -0.497 e. The quantitative estimate of drug-likeness (QED) is 0.832. The number of ether oxygens (including phenoxy) is 2. The summed E-state index contributed by atoms with van der Waals surface area (Å²) < 4.78 is 11.0. The number of amides is 1. The minimum atomic E-state index is -1.00. The zero-order valence-electron chi connectivity index (χ0n) is 14.0. The van der Waals surface area contributed by atoms with E-state index < -0.39 is 11.5 Å². The number of nitrogens with one attached hydrogen (secondary N) is 1. The van der Waals surface area contributed by atoms with Crippen molar-refractivity contribution in [3.05, 3.63) is 29.8 Å². The van der Waals surface area contributed by atoms with Gasteiger partial charge in [0.05, 0.1) is 37.2 Å². The van der Waals surface area contributed by atoms with Crippen LogP contribution in [-0.2, 0) is 19.9 Å². The number of rotatable bonds is 6. The Balaban J connectivity index is 1.82. The monoisotopic (exact) mass is 333 g/mol. The third-order valence-electron chi connectivity index (χ3n) is 5.05. The molecule has 130 valence electrons. The first-order valence-electron chi connectivity index (χ1n) is 8.25. The van der Waals surface area contributed by atoms with Crippen molar-refractivity contribution in [3.8, 4) is 5.75 Å². The fraction of sp³-hybridized carbons (Fsp3) is 0.556. The molecule has 2 N–H and O–H groups in total. The lowest BCUT2D eigenvalue weighted by molar-refractivity contribution is -0.139. The first-order chi connectivity index (χ1) is 11.4. The highest BCUT2D eigenvalue weighted by atomic mass is 16.5. The molecule has 2 aliphatic heterocycles. The molecule has 1 amide bonds. The van der Waals surface area contributed by atoms with Gasteiger partial charge in [0.1, 0.15) is 5.75 Å². The summed E-state index contributed by atoms with van der Waals surface area (Å²) in [5.74, 6) is -0.664. The summed E-state index contributed by atoms with van der Waals surface area (Å²) in [6.07, 6.45) is 2.57. The molecule has 2 aliphatic rings. The van der Waals surface area contributed by atoms with Crippen molar-refractivity contribution in [3.63, 3.8) is 0 Å². The number of benzene rings is 1. The number of hydrogen-bond acceptors (Lipinski definition) is 4. The van der Waals surface area contributed by atoms with Gasteiger partial charge in [0, 0.05) is 0 Å². The van der Waals surface area contributed by atoms with Crippen molar-refractivity contribution >= 4 is 11.9 Å². The standard InChI is InChI=1S/C18H23NO5/c1-18(10-16(20)21,11-4-3-5-12(8-11)23-2)19-17(22)14-9-13-6-7-15(14)24-13/h3-5,8,13-15H,6-7,9-10H2,1-2H3,(H,19,22)(H,20,21). The number of carbonyl (C=O) groups excluding carboxylic acids is 1. The second-order valence-electron chi connectivity index (χ2n) is 6.84. The van der Waals surface area contributed by atoms with E-state index in [2.05, 4.69) is 5.32 Å². The summed E-state index contributed by atoms with van der Waals surface area (Å²) in [4.78, 5) is 24.1. The maximum absolute atomic E-state index is 12.7. The maximum Gasteiger partial charge on any atom is 0.306 e. The summed E-state index contributed by atoms with van der Waals surface area (Å²) in [5, 5.41) is 12.3. The van der Waals surface area contributed by atoms with Crippen molar-refractivity contribution in [2.24, 2.45) is 5.92 Å². The van der Waals surface area contributed by atoms with Crippen LogP contribution in [0.5, 0.6) is 5.75 Å². The van der Waals surface area contributed by atoms with E-state index in [4.69, 9.17) is 9.47 Å². The summed E-state index contributed by atoms with van der Waals surface area (Å²) in [6, 6.07) is 7.15. The average Bonchev–Trinajstić information content (AvgIpc) is 3.17. The molecule has 2 saturated heterocycles. The molecule has 6 nitrogen and oxygen atoms in total. The number of methoxy groups -OCH3 is 1. The molecule has 0 aliphatic carbocycles. The van der Waals surface area contributed by atoms with E-state index in [1.165, 1.54) is 0 Å².